The van der Waals surface area contributed by atoms with Gasteiger partial charge < -0.3 is 9.47 Å². The maximum absolute atomic E-state index is 4.44. The molecule has 3 heterocycles. The first kappa shape index (κ1) is 16.1. The second-order valence-electron chi connectivity index (χ2n) is 7.30. The fourth-order valence-electron chi connectivity index (χ4n) is 3.76. The number of fused-ring (bicyclic) bond motifs is 3. The molecule has 0 unspecified atom stereocenters. The summed E-state index contributed by atoms with van der Waals surface area (Å²) >= 11 is 0. The quantitative estimate of drug-likeness (QED) is 0.681. The van der Waals surface area contributed by atoms with Crippen LogP contribution in [0.5, 0.6) is 0 Å². The molecule has 1 aliphatic heterocycles. The van der Waals surface area contributed by atoms with Crippen LogP contribution in [-0.4, -0.2) is 28.0 Å². The van der Waals surface area contributed by atoms with E-state index in [1.165, 1.54) is 38.9 Å². The van der Waals surface area contributed by atoms with Gasteiger partial charge in [-0.25, -0.2) is 0 Å². The molecule has 2 aromatic heterocycles. The molecule has 25 heavy (non-hydrogen) atoms. The Bertz CT molecular complexity index is 961. The Morgan fingerprint density at radius 2 is 2.00 bits per heavy atom. The summed E-state index contributed by atoms with van der Waals surface area (Å²) in [7, 11) is 2.21. The molecule has 0 saturated carbocycles. The van der Waals surface area contributed by atoms with Gasteiger partial charge in [0.1, 0.15) is 0 Å². The summed E-state index contributed by atoms with van der Waals surface area (Å²) in [6.45, 7) is 8.52. The van der Waals surface area contributed by atoms with Crippen LogP contribution in [0.15, 0.2) is 36.5 Å². The summed E-state index contributed by atoms with van der Waals surface area (Å²) in [6.07, 6.45) is 5.35. The third-order valence-corrected chi connectivity index (χ3v) is 5.22. The van der Waals surface area contributed by atoms with Crippen molar-refractivity contribution in [2.24, 2.45) is 0 Å². The predicted octanol–water partition coefficient (Wildman–Crippen LogP) is 4.66. The highest BCUT2D eigenvalue weighted by Crippen LogP contribution is 2.32. The number of hydrogen-bond donors (Lipinski definition) is 0. The minimum Gasteiger partial charge on any atom is -0.320 e. The lowest BCUT2D eigenvalue weighted by Crippen LogP contribution is -2.26. The second kappa shape index (κ2) is 6.16. The SMILES string of the molecule is C/C(=C\n1c2c(c3cc(C)ccc31)CN(C)CC2)c1ccc(C)nc1. The zero-order valence-electron chi connectivity index (χ0n) is 15.5. The monoisotopic (exact) mass is 331 g/mol. The van der Waals surface area contributed by atoms with E-state index in [9.17, 15) is 0 Å². The van der Waals surface area contributed by atoms with Crippen LogP contribution in [0.4, 0.5) is 0 Å². The van der Waals surface area contributed by atoms with E-state index in [1.807, 2.05) is 13.1 Å². The molecule has 0 bridgehead atoms. The molecule has 3 aromatic rings. The van der Waals surface area contributed by atoms with E-state index in [-0.39, 0.29) is 0 Å². The number of aryl methyl sites for hydroxylation is 2. The van der Waals surface area contributed by atoms with Gasteiger partial charge in [-0.15, -0.1) is 0 Å². The number of rotatable bonds is 2. The average molecular weight is 331 g/mol. The maximum Gasteiger partial charge on any atom is 0.0529 e. The molecule has 0 atom stereocenters. The Balaban J connectivity index is 1.89. The van der Waals surface area contributed by atoms with Crippen LogP contribution in [0.3, 0.4) is 0 Å². The van der Waals surface area contributed by atoms with Gasteiger partial charge in [0.25, 0.3) is 0 Å². The highest BCUT2D eigenvalue weighted by molar-refractivity contribution is 5.90. The lowest BCUT2D eigenvalue weighted by molar-refractivity contribution is 0.312. The van der Waals surface area contributed by atoms with Gasteiger partial charge in [-0.2, -0.15) is 0 Å². The number of nitrogens with zero attached hydrogens (tertiary/aromatic N) is 3. The maximum atomic E-state index is 4.44. The number of allylic oxidation sites excluding steroid dienone is 1. The van der Waals surface area contributed by atoms with Crippen molar-refractivity contribution in [3.05, 3.63) is 64.6 Å². The summed E-state index contributed by atoms with van der Waals surface area (Å²) in [5.74, 6) is 0. The van der Waals surface area contributed by atoms with E-state index >= 15 is 0 Å². The molecule has 0 fully saturated rings. The zero-order chi connectivity index (χ0) is 17.6. The third kappa shape index (κ3) is 2.89. The Hall–Kier alpha value is -2.39. The molecule has 0 saturated heterocycles. The average Bonchev–Trinajstić information content (AvgIpc) is 2.88. The van der Waals surface area contributed by atoms with E-state index in [0.29, 0.717) is 0 Å². The van der Waals surface area contributed by atoms with Gasteiger partial charge in [0, 0.05) is 48.7 Å². The van der Waals surface area contributed by atoms with Crippen LogP contribution < -0.4 is 0 Å². The molecule has 1 aliphatic rings. The van der Waals surface area contributed by atoms with Crippen LogP contribution in [0, 0.1) is 13.8 Å². The Labute approximate surface area is 149 Å². The van der Waals surface area contributed by atoms with Crippen LogP contribution >= 0.6 is 0 Å². The van der Waals surface area contributed by atoms with Crippen molar-refractivity contribution in [2.75, 3.05) is 13.6 Å². The molecular formula is C22H25N3. The van der Waals surface area contributed by atoms with Gasteiger partial charge in [0.15, 0.2) is 0 Å². The number of likely N-dealkylation sites (N-methyl/N-ethyl adjacent to an activating group) is 1. The third-order valence-electron chi connectivity index (χ3n) is 5.22. The smallest absolute Gasteiger partial charge is 0.0529 e. The summed E-state index contributed by atoms with van der Waals surface area (Å²) in [4.78, 5) is 6.86. The number of benzene rings is 1. The highest BCUT2D eigenvalue weighted by atomic mass is 15.1. The van der Waals surface area contributed by atoms with E-state index in [2.05, 4.69) is 71.9 Å². The van der Waals surface area contributed by atoms with Crippen molar-refractivity contribution in [3.8, 4) is 0 Å². The van der Waals surface area contributed by atoms with E-state index in [1.54, 1.807) is 0 Å². The Morgan fingerprint density at radius 3 is 2.76 bits per heavy atom. The van der Waals surface area contributed by atoms with Crippen molar-refractivity contribution in [3.63, 3.8) is 0 Å². The number of aromatic nitrogens is 2. The molecule has 0 amide bonds. The predicted molar refractivity (Wildman–Crippen MR) is 106 cm³/mol. The van der Waals surface area contributed by atoms with E-state index in [0.717, 1.165) is 25.2 Å². The van der Waals surface area contributed by atoms with Crippen LogP contribution in [-0.2, 0) is 13.0 Å². The zero-order valence-corrected chi connectivity index (χ0v) is 15.5. The van der Waals surface area contributed by atoms with Gasteiger partial charge in [0.05, 0.1) is 5.52 Å². The fourth-order valence-corrected chi connectivity index (χ4v) is 3.76. The van der Waals surface area contributed by atoms with Crippen LogP contribution in [0.25, 0.3) is 22.7 Å². The summed E-state index contributed by atoms with van der Waals surface area (Å²) in [6, 6.07) is 11.0. The minimum absolute atomic E-state index is 1.03. The van der Waals surface area contributed by atoms with Gasteiger partial charge >= 0.3 is 0 Å². The Kier molecular flexibility index (Phi) is 3.97. The molecule has 128 valence electrons. The number of hydrogen-bond acceptors (Lipinski definition) is 2. The van der Waals surface area contributed by atoms with Crippen LogP contribution in [0.1, 0.15) is 35.0 Å². The van der Waals surface area contributed by atoms with E-state index < -0.39 is 0 Å². The van der Waals surface area contributed by atoms with Gasteiger partial charge in [0.2, 0.25) is 0 Å². The van der Waals surface area contributed by atoms with Crippen LogP contribution in [0.2, 0.25) is 0 Å². The molecule has 3 nitrogen and oxygen atoms in total. The van der Waals surface area contributed by atoms with Crippen molar-refractivity contribution in [1.29, 1.82) is 0 Å². The van der Waals surface area contributed by atoms with Crippen molar-refractivity contribution < 1.29 is 0 Å². The molecule has 0 radical (unpaired) electrons. The lowest BCUT2D eigenvalue weighted by Gasteiger charge is -2.23. The standard InChI is InChI=1S/C22H25N3/c1-15-5-8-21-19(11-15)20-14-24(4)10-9-22(20)25(21)13-16(2)18-7-6-17(3)23-12-18/h5-8,11-13H,9-10,14H2,1-4H3/b16-13+. The van der Waals surface area contributed by atoms with Gasteiger partial charge in [-0.1, -0.05) is 17.7 Å². The number of pyridine rings is 1. The van der Waals surface area contributed by atoms with Crippen molar-refractivity contribution in [2.45, 2.75) is 33.7 Å². The summed E-state index contributed by atoms with van der Waals surface area (Å²) in [5.41, 5.74) is 9.05. The largest absolute Gasteiger partial charge is 0.320 e. The minimum atomic E-state index is 1.03. The molecule has 3 heteroatoms. The lowest BCUT2D eigenvalue weighted by atomic mass is 10.0. The fraction of sp³-hybridized carbons (Fsp3) is 0.318. The topological polar surface area (TPSA) is 21.1 Å². The van der Waals surface area contributed by atoms with Crippen molar-refractivity contribution in [1.82, 2.24) is 14.5 Å². The van der Waals surface area contributed by atoms with Gasteiger partial charge in [-0.3, -0.25) is 4.98 Å². The molecule has 1 aromatic carbocycles. The van der Waals surface area contributed by atoms with E-state index in [4.69, 9.17) is 0 Å². The first-order chi connectivity index (χ1) is 12.0. The molecular weight excluding hydrogens is 306 g/mol. The first-order valence-electron chi connectivity index (χ1n) is 8.95. The molecule has 0 N–H and O–H groups in total. The van der Waals surface area contributed by atoms with Gasteiger partial charge in [-0.05, 0) is 62.7 Å². The summed E-state index contributed by atoms with van der Waals surface area (Å²) in [5, 5.41) is 1.40. The Morgan fingerprint density at radius 1 is 1.16 bits per heavy atom. The molecule has 4 rings (SSSR count). The first-order valence-corrected chi connectivity index (χ1v) is 8.95. The molecule has 0 spiro atoms. The second-order valence-corrected chi connectivity index (χ2v) is 7.30. The summed E-state index contributed by atoms with van der Waals surface area (Å²) < 4.78 is 2.41. The normalized spacial score (nSPS) is 15.6. The highest BCUT2D eigenvalue weighted by Gasteiger charge is 2.21. The van der Waals surface area contributed by atoms with Crippen molar-refractivity contribution >= 4 is 22.7 Å². The molecule has 0 aliphatic carbocycles.